The second-order valence-electron chi connectivity index (χ2n) is 7.82. The lowest BCUT2D eigenvalue weighted by Crippen LogP contribution is -2.11. The molecule has 0 amide bonds. The Balaban J connectivity index is 1.92. The van der Waals surface area contributed by atoms with E-state index in [4.69, 9.17) is 9.40 Å². The number of para-hydroxylation sites is 2. The van der Waals surface area contributed by atoms with Gasteiger partial charge >= 0.3 is 0 Å². The van der Waals surface area contributed by atoms with Crippen LogP contribution in [-0.2, 0) is 13.5 Å². The summed E-state index contributed by atoms with van der Waals surface area (Å²) in [5.41, 5.74) is 4.97. The molecule has 3 aromatic carbocycles. The third-order valence-corrected chi connectivity index (χ3v) is 5.80. The predicted molar refractivity (Wildman–Crippen MR) is 123 cm³/mol. The summed E-state index contributed by atoms with van der Waals surface area (Å²) < 4.78 is 8.19. The number of phenols is 1. The number of aromatic hydroxyl groups is 1. The molecule has 31 heavy (non-hydrogen) atoms. The van der Waals surface area contributed by atoms with Crippen LogP contribution in [0.5, 0.6) is 5.75 Å². The zero-order valence-electron chi connectivity index (χ0n) is 17.6. The summed E-state index contributed by atoms with van der Waals surface area (Å²) >= 11 is 0. The molecule has 0 saturated carbocycles. The summed E-state index contributed by atoms with van der Waals surface area (Å²) in [6.45, 7) is 3.95. The normalized spacial score (nSPS) is 11.5. The van der Waals surface area contributed by atoms with Gasteiger partial charge in [0.2, 0.25) is 5.43 Å². The highest BCUT2D eigenvalue weighted by molar-refractivity contribution is 5.91. The Morgan fingerprint density at radius 2 is 1.81 bits per heavy atom. The van der Waals surface area contributed by atoms with Gasteiger partial charge in [-0.3, -0.25) is 4.79 Å². The Kier molecular flexibility index (Phi) is 4.40. The molecular weight excluding hydrogens is 388 g/mol. The third kappa shape index (κ3) is 3.01. The maximum atomic E-state index is 13.8. The molecule has 5 aromatic rings. The first-order chi connectivity index (χ1) is 15.0. The van der Waals surface area contributed by atoms with Gasteiger partial charge in [-0.2, -0.15) is 0 Å². The zero-order chi connectivity index (χ0) is 21.7. The highest BCUT2D eigenvalue weighted by atomic mass is 16.3. The molecule has 0 aliphatic heterocycles. The number of aromatic nitrogens is 2. The van der Waals surface area contributed by atoms with Crippen LogP contribution in [0, 0.1) is 6.92 Å². The van der Waals surface area contributed by atoms with E-state index < -0.39 is 0 Å². The van der Waals surface area contributed by atoms with Crippen LogP contribution in [-0.4, -0.2) is 14.7 Å². The second kappa shape index (κ2) is 7.13. The van der Waals surface area contributed by atoms with Crippen molar-refractivity contribution in [3.63, 3.8) is 0 Å². The van der Waals surface area contributed by atoms with Crippen LogP contribution in [0.2, 0.25) is 0 Å². The van der Waals surface area contributed by atoms with E-state index >= 15 is 0 Å². The quantitative estimate of drug-likeness (QED) is 0.421. The summed E-state index contributed by atoms with van der Waals surface area (Å²) in [5.74, 6) is 1.13. The molecule has 0 aliphatic carbocycles. The Morgan fingerprint density at radius 3 is 2.52 bits per heavy atom. The van der Waals surface area contributed by atoms with Crippen LogP contribution in [0.4, 0.5) is 0 Å². The van der Waals surface area contributed by atoms with Crippen molar-refractivity contribution in [2.75, 3.05) is 0 Å². The van der Waals surface area contributed by atoms with E-state index in [-0.39, 0.29) is 11.2 Å². The average Bonchev–Trinajstić information content (AvgIpc) is 3.10. The third-order valence-electron chi connectivity index (χ3n) is 5.80. The average molecular weight is 410 g/mol. The second-order valence-corrected chi connectivity index (χ2v) is 7.82. The van der Waals surface area contributed by atoms with Crippen molar-refractivity contribution < 1.29 is 9.52 Å². The molecule has 5 heteroatoms. The van der Waals surface area contributed by atoms with Gasteiger partial charge in [-0.1, -0.05) is 48.9 Å². The van der Waals surface area contributed by atoms with Crippen LogP contribution in [0.1, 0.15) is 18.1 Å². The molecule has 0 unspecified atom stereocenters. The highest BCUT2D eigenvalue weighted by Gasteiger charge is 2.23. The fraction of sp³-hybridized carbons (Fsp3) is 0.154. The number of nitrogens with zero attached hydrogens (tertiary/aromatic N) is 2. The largest absolute Gasteiger partial charge is 0.508 e. The van der Waals surface area contributed by atoms with Crippen molar-refractivity contribution in [2.45, 2.75) is 20.3 Å². The van der Waals surface area contributed by atoms with Gasteiger partial charge in [-0.05, 0) is 37.1 Å². The number of phenolic OH excluding ortho intramolecular Hbond substituents is 1. The predicted octanol–water partition coefficient (Wildman–Crippen LogP) is 5.59. The standard InChI is InChI=1S/C26H22N2O3/c1-4-16-13-18-22(14-21(16)29)31-25(17-11-9-15(2)10-12-17)23(24(18)30)26-27-19-7-5-6-8-20(19)28(26)3/h5-14,29H,4H2,1-3H3. The summed E-state index contributed by atoms with van der Waals surface area (Å²) in [5, 5.41) is 10.8. The lowest BCUT2D eigenvalue weighted by molar-refractivity contribution is 0.468. The molecule has 2 heterocycles. The van der Waals surface area contributed by atoms with E-state index in [1.165, 1.54) is 6.07 Å². The van der Waals surface area contributed by atoms with E-state index in [1.807, 2.05) is 74.0 Å². The van der Waals surface area contributed by atoms with Gasteiger partial charge in [0.05, 0.1) is 16.4 Å². The molecular formula is C26H22N2O3. The first-order valence-electron chi connectivity index (χ1n) is 10.3. The Morgan fingerprint density at radius 1 is 1.06 bits per heavy atom. The van der Waals surface area contributed by atoms with Crippen LogP contribution in [0.3, 0.4) is 0 Å². The Bertz CT molecular complexity index is 1510. The van der Waals surface area contributed by atoms with E-state index in [2.05, 4.69) is 0 Å². The molecule has 154 valence electrons. The topological polar surface area (TPSA) is 68.3 Å². The smallest absolute Gasteiger partial charge is 0.204 e. The van der Waals surface area contributed by atoms with E-state index in [1.54, 1.807) is 6.07 Å². The van der Waals surface area contributed by atoms with Crippen molar-refractivity contribution in [1.82, 2.24) is 9.55 Å². The molecule has 0 radical (unpaired) electrons. The number of fused-ring (bicyclic) bond motifs is 2. The minimum Gasteiger partial charge on any atom is -0.508 e. The number of hydrogen-bond acceptors (Lipinski definition) is 4. The number of rotatable bonds is 3. The monoisotopic (exact) mass is 410 g/mol. The maximum absolute atomic E-state index is 13.8. The van der Waals surface area contributed by atoms with Crippen molar-refractivity contribution in [2.24, 2.45) is 7.05 Å². The number of hydrogen-bond donors (Lipinski definition) is 1. The zero-order valence-corrected chi connectivity index (χ0v) is 17.6. The lowest BCUT2D eigenvalue weighted by Gasteiger charge is -2.12. The van der Waals surface area contributed by atoms with Crippen molar-refractivity contribution in [3.05, 3.63) is 82.0 Å². The van der Waals surface area contributed by atoms with E-state index in [9.17, 15) is 9.90 Å². The molecule has 0 spiro atoms. The van der Waals surface area contributed by atoms with Gasteiger partial charge in [0.1, 0.15) is 28.5 Å². The summed E-state index contributed by atoms with van der Waals surface area (Å²) in [6, 6.07) is 18.9. The maximum Gasteiger partial charge on any atom is 0.204 e. The van der Waals surface area contributed by atoms with Crippen molar-refractivity contribution in [3.8, 4) is 28.5 Å². The summed E-state index contributed by atoms with van der Waals surface area (Å²) in [6.07, 6.45) is 0.614. The van der Waals surface area contributed by atoms with Gasteiger partial charge in [0.25, 0.3) is 0 Å². The Labute approximate surface area is 179 Å². The van der Waals surface area contributed by atoms with Crippen LogP contribution in [0.15, 0.2) is 69.9 Å². The fourth-order valence-electron chi connectivity index (χ4n) is 4.04. The SMILES string of the molecule is CCc1cc2c(=O)c(-c3nc4ccccc4n3C)c(-c3ccc(C)cc3)oc2cc1O. The van der Waals surface area contributed by atoms with Gasteiger partial charge in [0, 0.05) is 18.7 Å². The fourth-order valence-corrected chi connectivity index (χ4v) is 4.04. The Hall–Kier alpha value is -3.86. The van der Waals surface area contributed by atoms with E-state index in [0.717, 1.165) is 22.2 Å². The molecule has 0 atom stereocenters. The number of imidazole rings is 1. The molecule has 0 saturated heterocycles. The van der Waals surface area contributed by atoms with Crippen molar-refractivity contribution in [1.29, 1.82) is 0 Å². The summed E-state index contributed by atoms with van der Waals surface area (Å²) in [4.78, 5) is 18.6. The molecule has 2 aromatic heterocycles. The minimum absolute atomic E-state index is 0.128. The minimum atomic E-state index is -0.162. The summed E-state index contributed by atoms with van der Waals surface area (Å²) in [7, 11) is 1.90. The van der Waals surface area contributed by atoms with Crippen LogP contribution in [0.25, 0.3) is 44.7 Å². The molecule has 1 N–H and O–H groups in total. The first-order valence-corrected chi connectivity index (χ1v) is 10.3. The molecule has 5 rings (SSSR count). The lowest BCUT2D eigenvalue weighted by atomic mass is 10.0. The molecule has 5 nitrogen and oxygen atoms in total. The molecule has 0 fully saturated rings. The van der Waals surface area contributed by atoms with Gasteiger partial charge in [0.15, 0.2) is 0 Å². The number of benzene rings is 3. The highest BCUT2D eigenvalue weighted by Crippen LogP contribution is 2.35. The molecule has 0 aliphatic rings. The van der Waals surface area contributed by atoms with Gasteiger partial charge in [-0.15, -0.1) is 0 Å². The van der Waals surface area contributed by atoms with Gasteiger partial charge < -0.3 is 14.1 Å². The first kappa shape index (κ1) is 19.1. The van der Waals surface area contributed by atoms with Crippen LogP contribution < -0.4 is 5.43 Å². The number of aryl methyl sites for hydroxylation is 3. The van der Waals surface area contributed by atoms with Crippen LogP contribution >= 0.6 is 0 Å². The van der Waals surface area contributed by atoms with Gasteiger partial charge in [-0.25, -0.2) is 4.98 Å². The van der Waals surface area contributed by atoms with Crippen molar-refractivity contribution >= 4 is 22.0 Å². The molecule has 0 bridgehead atoms. The van der Waals surface area contributed by atoms with E-state index in [0.29, 0.717) is 40.1 Å².